The number of hydrogen-bond donors (Lipinski definition) is 0. The van der Waals surface area contributed by atoms with Crippen molar-refractivity contribution in [1.29, 1.82) is 0 Å². The summed E-state index contributed by atoms with van der Waals surface area (Å²) < 4.78 is 5.65. The fourth-order valence-corrected chi connectivity index (χ4v) is 2.18. The fourth-order valence-electron chi connectivity index (χ4n) is 2.18. The predicted molar refractivity (Wildman–Crippen MR) is 63.0 cm³/mol. The van der Waals surface area contributed by atoms with E-state index in [1.54, 1.807) is 0 Å². The first-order chi connectivity index (χ1) is 7.40. The first-order valence-electron chi connectivity index (χ1n) is 5.73. The highest BCUT2D eigenvalue weighted by molar-refractivity contribution is 5.22. The van der Waals surface area contributed by atoms with E-state index in [1.807, 2.05) is 0 Å². The molecule has 1 nitrogen and oxygen atoms in total. The lowest BCUT2D eigenvalue weighted by Gasteiger charge is -2.24. The summed E-state index contributed by atoms with van der Waals surface area (Å²) in [7, 11) is 0. The molecule has 1 aromatic carbocycles. The molecule has 0 bridgehead atoms. The van der Waals surface area contributed by atoms with Crippen LogP contribution in [0.5, 0.6) is 0 Å². The van der Waals surface area contributed by atoms with E-state index in [0.717, 1.165) is 19.4 Å². The third kappa shape index (κ3) is 2.69. The average molecular weight is 202 g/mol. The Morgan fingerprint density at radius 3 is 2.80 bits per heavy atom. The summed E-state index contributed by atoms with van der Waals surface area (Å²) in [5.74, 6) is 0.632. The van der Waals surface area contributed by atoms with Crippen molar-refractivity contribution >= 4 is 0 Å². The second-order valence-electron chi connectivity index (χ2n) is 4.00. The first kappa shape index (κ1) is 10.4. The largest absolute Gasteiger partial charge is 0.374 e. The Balaban J connectivity index is 2.04. The minimum Gasteiger partial charge on any atom is -0.374 e. The molecule has 0 saturated carbocycles. The van der Waals surface area contributed by atoms with Crippen molar-refractivity contribution in [3.8, 4) is 0 Å². The molecule has 0 saturated heterocycles. The standard InChI is InChI=1S/C14H18O/c1-2-15-14-10-6-9-13(11-14)12-7-4-3-5-8-12/h3-8,10,13-14H,2,9,11H2,1H3/t13-,14-/m0/s1. The van der Waals surface area contributed by atoms with Crippen molar-refractivity contribution in [2.75, 3.05) is 6.61 Å². The van der Waals surface area contributed by atoms with Crippen LogP contribution in [0.1, 0.15) is 31.2 Å². The van der Waals surface area contributed by atoms with E-state index in [4.69, 9.17) is 4.74 Å². The van der Waals surface area contributed by atoms with Crippen molar-refractivity contribution in [2.24, 2.45) is 0 Å². The molecule has 1 aliphatic carbocycles. The van der Waals surface area contributed by atoms with Gasteiger partial charge in [0.05, 0.1) is 6.10 Å². The van der Waals surface area contributed by atoms with Gasteiger partial charge in [0.25, 0.3) is 0 Å². The average Bonchev–Trinajstić information content (AvgIpc) is 2.31. The number of ether oxygens (including phenoxy) is 1. The van der Waals surface area contributed by atoms with E-state index in [-0.39, 0.29) is 0 Å². The third-order valence-corrected chi connectivity index (χ3v) is 2.94. The molecule has 80 valence electrons. The molecule has 2 rings (SSSR count). The number of benzene rings is 1. The number of rotatable bonds is 3. The molecule has 0 aromatic heterocycles. The molecule has 0 spiro atoms. The van der Waals surface area contributed by atoms with Gasteiger partial charge in [-0.1, -0.05) is 42.5 Å². The number of hydrogen-bond acceptors (Lipinski definition) is 1. The van der Waals surface area contributed by atoms with Crippen LogP contribution in [0.3, 0.4) is 0 Å². The molecule has 0 unspecified atom stereocenters. The minimum absolute atomic E-state index is 0.314. The van der Waals surface area contributed by atoms with Crippen molar-refractivity contribution in [2.45, 2.75) is 31.8 Å². The van der Waals surface area contributed by atoms with Crippen molar-refractivity contribution in [3.05, 3.63) is 48.0 Å². The molecule has 0 amide bonds. The molecule has 0 fully saturated rings. The normalized spacial score (nSPS) is 25.4. The van der Waals surface area contributed by atoms with Crippen LogP contribution >= 0.6 is 0 Å². The van der Waals surface area contributed by atoms with E-state index in [2.05, 4.69) is 49.4 Å². The Morgan fingerprint density at radius 1 is 1.27 bits per heavy atom. The van der Waals surface area contributed by atoms with E-state index in [0.29, 0.717) is 12.0 Å². The maximum absolute atomic E-state index is 5.65. The highest BCUT2D eigenvalue weighted by atomic mass is 16.5. The Morgan fingerprint density at radius 2 is 2.07 bits per heavy atom. The van der Waals surface area contributed by atoms with Crippen LogP contribution in [0.4, 0.5) is 0 Å². The minimum atomic E-state index is 0.314. The molecular formula is C14H18O. The van der Waals surface area contributed by atoms with Crippen molar-refractivity contribution in [3.63, 3.8) is 0 Å². The van der Waals surface area contributed by atoms with Gasteiger partial charge < -0.3 is 4.74 Å². The molecule has 1 aromatic rings. The van der Waals surface area contributed by atoms with E-state index in [1.165, 1.54) is 5.56 Å². The maximum Gasteiger partial charge on any atom is 0.0761 e. The van der Waals surface area contributed by atoms with Crippen LogP contribution in [-0.2, 0) is 4.74 Å². The van der Waals surface area contributed by atoms with Gasteiger partial charge in [-0.15, -0.1) is 0 Å². The van der Waals surface area contributed by atoms with E-state index >= 15 is 0 Å². The van der Waals surface area contributed by atoms with Crippen LogP contribution in [0, 0.1) is 0 Å². The summed E-state index contributed by atoms with van der Waals surface area (Å²) in [6.07, 6.45) is 7.03. The topological polar surface area (TPSA) is 9.23 Å². The monoisotopic (exact) mass is 202 g/mol. The van der Waals surface area contributed by atoms with Crippen LogP contribution in [0.2, 0.25) is 0 Å². The van der Waals surface area contributed by atoms with Crippen molar-refractivity contribution in [1.82, 2.24) is 0 Å². The molecule has 2 atom stereocenters. The maximum atomic E-state index is 5.65. The molecule has 1 heteroatoms. The second-order valence-corrected chi connectivity index (χ2v) is 4.00. The first-order valence-corrected chi connectivity index (χ1v) is 5.73. The van der Waals surface area contributed by atoms with Gasteiger partial charge in [0, 0.05) is 6.61 Å². The highest BCUT2D eigenvalue weighted by Crippen LogP contribution is 2.30. The molecular weight excluding hydrogens is 184 g/mol. The molecule has 0 radical (unpaired) electrons. The summed E-state index contributed by atoms with van der Waals surface area (Å²) in [5, 5.41) is 0. The zero-order valence-corrected chi connectivity index (χ0v) is 9.23. The van der Waals surface area contributed by atoms with Crippen LogP contribution in [-0.4, -0.2) is 12.7 Å². The molecule has 1 aliphatic rings. The van der Waals surface area contributed by atoms with E-state index in [9.17, 15) is 0 Å². The Labute approximate surface area is 91.8 Å². The lowest BCUT2D eigenvalue weighted by molar-refractivity contribution is 0.0813. The SMILES string of the molecule is CCO[C@H]1C=CC[C@H](c2ccccc2)C1. The number of allylic oxidation sites excluding steroid dienone is 1. The predicted octanol–water partition coefficient (Wildman–Crippen LogP) is 3.53. The van der Waals surface area contributed by atoms with Gasteiger partial charge in [-0.3, -0.25) is 0 Å². The van der Waals surface area contributed by atoms with Crippen LogP contribution in [0.25, 0.3) is 0 Å². The van der Waals surface area contributed by atoms with Gasteiger partial charge in [0.2, 0.25) is 0 Å². The quantitative estimate of drug-likeness (QED) is 0.681. The molecule has 0 heterocycles. The zero-order chi connectivity index (χ0) is 10.5. The van der Waals surface area contributed by atoms with Gasteiger partial charge in [-0.2, -0.15) is 0 Å². The van der Waals surface area contributed by atoms with Crippen LogP contribution < -0.4 is 0 Å². The summed E-state index contributed by atoms with van der Waals surface area (Å²) in [6.45, 7) is 2.86. The summed E-state index contributed by atoms with van der Waals surface area (Å²) in [4.78, 5) is 0. The second kappa shape index (κ2) is 5.13. The Bertz CT molecular complexity index is 315. The van der Waals surface area contributed by atoms with Crippen LogP contribution in [0.15, 0.2) is 42.5 Å². The highest BCUT2D eigenvalue weighted by Gasteiger charge is 2.18. The zero-order valence-electron chi connectivity index (χ0n) is 9.23. The lowest BCUT2D eigenvalue weighted by Crippen LogP contribution is -2.17. The summed E-state index contributed by atoms with van der Waals surface area (Å²) >= 11 is 0. The molecule has 0 N–H and O–H groups in total. The third-order valence-electron chi connectivity index (χ3n) is 2.94. The van der Waals surface area contributed by atoms with Gasteiger partial charge in [0.15, 0.2) is 0 Å². The Hall–Kier alpha value is -1.08. The van der Waals surface area contributed by atoms with E-state index < -0.39 is 0 Å². The smallest absolute Gasteiger partial charge is 0.0761 e. The van der Waals surface area contributed by atoms with Gasteiger partial charge >= 0.3 is 0 Å². The summed E-state index contributed by atoms with van der Waals surface area (Å²) in [5.41, 5.74) is 1.44. The fraction of sp³-hybridized carbons (Fsp3) is 0.429. The van der Waals surface area contributed by atoms with Gasteiger partial charge in [-0.25, -0.2) is 0 Å². The molecule has 0 aliphatic heterocycles. The van der Waals surface area contributed by atoms with Gasteiger partial charge in [0.1, 0.15) is 0 Å². The van der Waals surface area contributed by atoms with Crippen molar-refractivity contribution < 1.29 is 4.74 Å². The lowest BCUT2D eigenvalue weighted by atomic mass is 9.86. The van der Waals surface area contributed by atoms with Gasteiger partial charge in [-0.05, 0) is 31.2 Å². The Kier molecular flexibility index (Phi) is 3.57. The molecule has 15 heavy (non-hydrogen) atoms. The summed E-state index contributed by atoms with van der Waals surface area (Å²) in [6, 6.07) is 10.7.